The normalized spacial score (nSPS) is 37.5. The van der Waals surface area contributed by atoms with Crippen LogP contribution in [0.15, 0.2) is 0 Å². The lowest BCUT2D eigenvalue weighted by molar-refractivity contribution is 0.0493. The summed E-state index contributed by atoms with van der Waals surface area (Å²) in [6.07, 6.45) is 2.97. The van der Waals surface area contributed by atoms with Crippen molar-refractivity contribution in [2.24, 2.45) is 5.92 Å². The van der Waals surface area contributed by atoms with Crippen LogP contribution in [-0.2, 0) is 0 Å². The Morgan fingerprint density at radius 3 is 2.50 bits per heavy atom. The van der Waals surface area contributed by atoms with Crippen molar-refractivity contribution < 1.29 is 10.2 Å². The lowest BCUT2D eigenvalue weighted by Gasteiger charge is -2.27. The van der Waals surface area contributed by atoms with Crippen molar-refractivity contribution in [2.45, 2.75) is 37.9 Å². The molecule has 10 heavy (non-hydrogen) atoms. The molecule has 0 heterocycles. The van der Waals surface area contributed by atoms with Crippen LogP contribution in [0.5, 0.6) is 0 Å². The van der Waals surface area contributed by atoms with Crippen molar-refractivity contribution in [1.82, 2.24) is 0 Å². The summed E-state index contributed by atoms with van der Waals surface area (Å²) in [6, 6.07) is 0. The first-order valence-electron chi connectivity index (χ1n) is 3.89. The molecular weight excluding hydrogens is 128 g/mol. The monoisotopic (exact) mass is 143 g/mol. The van der Waals surface area contributed by atoms with E-state index in [1.807, 2.05) is 0 Å². The van der Waals surface area contributed by atoms with Crippen LogP contribution >= 0.6 is 0 Å². The Balaban J connectivity index is 2.32. The second-order valence-corrected chi connectivity index (χ2v) is 3.15. The molecule has 0 saturated heterocycles. The van der Waals surface area contributed by atoms with Gasteiger partial charge in [-0.05, 0) is 32.1 Å². The number of hydrogen-bond acceptors (Lipinski definition) is 2. The Hall–Kier alpha value is -0.0800. The van der Waals surface area contributed by atoms with Crippen LogP contribution in [0.1, 0.15) is 25.7 Å². The Labute approximate surface area is 61.9 Å². The third-order valence-electron chi connectivity index (χ3n) is 2.23. The Kier molecular flexibility index (Phi) is 2.69. The van der Waals surface area contributed by atoms with E-state index in [0.717, 1.165) is 25.7 Å². The van der Waals surface area contributed by atoms with Gasteiger partial charge in [-0.1, -0.05) is 6.42 Å². The maximum Gasteiger partial charge on any atom is 0.0570 e. The van der Waals surface area contributed by atoms with E-state index in [9.17, 15) is 5.11 Å². The number of aliphatic hydroxyl groups is 2. The Morgan fingerprint density at radius 1 is 1.40 bits per heavy atom. The summed E-state index contributed by atoms with van der Waals surface area (Å²) in [5.41, 5.74) is 0. The van der Waals surface area contributed by atoms with Crippen molar-refractivity contribution in [3.63, 3.8) is 0 Å². The van der Waals surface area contributed by atoms with Crippen LogP contribution in [0, 0.1) is 12.8 Å². The number of aliphatic hydroxyl groups excluding tert-OH is 2. The number of rotatable bonds is 1. The van der Waals surface area contributed by atoms with Crippen LogP contribution in [0.3, 0.4) is 0 Å². The molecule has 2 N–H and O–H groups in total. The van der Waals surface area contributed by atoms with Gasteiger partial charge in [0.25, 0.3) is 0 Å². The van der Waals surface area contributed by atoms with E-state index in [1.54, 1.807) is 0 Å². The zero-order valence-corrected chi connectivity index (χ0v) is 6.16. The van der Waals surface area contributed by atoms with Gasteiger partial charge in [-0.2, -0.15) is 0 Å². The third kappa shape index (κ3) is 1.96. The van der Waals surface area contributed by atoms with Gasteiger partial charge in [0, 0.05) is 0 Å². The molecule has 1 radical (unpaired) electrons. The lowest BCUT2D eigenvalue weighted by Crippen LogP contribution is -2.27. The fourth-order valence-corrected chi connectivity index (χ4v) is 1.55. The van der Waals surface area contributed by atoms with E-state index in [4.69, 9.17) is 5.11 Å². The van der Waals surface area contributed by atoms with E-state index >= 15 is 0 Å². The van der Waals surface area contributed by atoms with Gasteiger partial charge in [0.1, 0.15) is 0 Å². The summed E-state index contributed by atoms with van der Waals surface area (Å²) in [7, 11) is 0. The van der Waals surface area contributed by atoms with Crippen molar-refractivity contribution in [3.8, 4) is 0 Å². The van der Waals surface area contributed by atoms with Gasteiger partial charge in [0.2, 0.25) is 0 Å². The van der Waals surface area contributed by atoms with Gasteiger partial charge >= 0.3 is 0 Å². The fourth-order valence-electron chi connectivity index (χ4n) is 1.55. The Morgan fingerprint density at radius 2 is 2.10 bits per heavy atom. The second kappa shape index (κ2) is 3.35. The first-order chi connectivity index (χ1) is 4.70. The smallest absolute Gasteiger partial charge is 0.0570 e. The van der Waals surface area contributed by atoms with Crippen LogP contribution < -0.4 is 0 Å². The van der Waals surface area contributed by atoms with Gasteiger partial charge in [0.15, 0.2) is 0 Å². The van der Waals surface area contributed by atoms with Gasteiger partial charge in [0.05, 0.1) is 12.2 Å². The molecule has 0 spiro atoms. The lowest BCUT2D eigenvalue weighted by atomic mass is 9.84. The molecule has 0 aromatic carbocycles. The van der Waals surface area contributed by atoms with E-state index in [2.05, 4.69) is 6.92 Å². The van der Waals surface area contributed by atoms with Crippen molar-refractivity contribution in [1.29, 1.82) is 0 Å². The average Bonchev–Trinajstić information content (AvgIpc) is 1.88. The quantitative estimate of drug-likeness (QED) is 0.568. The highest BCUT2D eigenvalue weighted by atomic mass is 16.3. The van der Waals surface area contributed by atoms with Crippen molar-refractivity contribution in [2.75, 3.05) is 0 Å². The molecule has 2 heteroatoms. The molecule has 1 saturated carbocycles. The maximum absolute atomic E-state index is 9.19. The first kappa shape index (κ1) is 8.02. The minimum absolute atomic E-state index is 0.199. The molecule has 1 fully saturated rings. The van der Waals surface area contributed by atoms with Gasteiger partial charge in [-0.3, -0.25) is 0 Å². The molecule has 0 aliphatic heterocycles. The molecule has 0 bridgehead atoms. The molecule has 0 aromatic rings. The van der Waals surface area contributed by atoms with Crippen molar-refractivity contribution in [3.05, 3.63) is 6.92 Å². The molecule has 1 aliphatic rings. The van der Waals surface area contributed by atoms with Gasteiger partial charge in [-0.25, -0.2) is 0 Å². The fraction of sp³-hybridized carbons (Fsp3) is 0.875. The summed E-state index contributed by atoms with van der Waals surface area (Å²) in [6.45, 7) is 3.54. The molecule has 59 valence electrons. The van der Waals surface area contributed by atoms with E-state index in [0.29, 0.717) is 0 Å². The topological polar surface area (TPSA) is 40.5 Å². The summed E-state index contributed by atoms with van der Waals surface area (Å²) in [5, 5.41) is 18.3. The molecule has 3 unspecified atom stereocenters. The van der Waals surface area contributed by atoms with Crippen LogP contribution in [0.4, 0.5) is 0 Å². The van der Waals surface area contributed by atoms with Crippen LogP contribution in [0.2, 0.25) is 0 Å². The predicted octanol–water partition coefficient (Wildman–Crippen LogP) is 0.732. The summed E-state index contributed by atoms with van der Waals surface area (Å²) >= 11 is 0. The van der Waals surface area contributed by atoms with Crippen molar-refractivity contribution >= 4 is 0 Å². The van der Waals surface area contributed by atoms with E-state index < -0.39 is 6.10 Å². The van der Waals surface area contributed by atoms with E-state index in [1.165, 1.54) is 0 Å². The largest absolute Gasteiger partial charge is 0.393 e. The van der Waals surface area contributed by atoms with Crippen LogP contribution in [0.25, 0.3) is 0 Å². The summed E-state index contributed by atoms with van der Waals surface area (Å²) < 4.78 is 0. The minimum atomic E-state index is -0.491. The highest BCUT2D eigenvalue weighted by molar-refractivity contribution is 4.78. The van der Waals surface area contributed by atoms with E-state index in [-0.39, 0.29) is 12.0 Å². The molecule has 0 aromatic heterocycles. The zero-order chi connectivity index (χ0) is 7.56. The Bertz CT molecular complexity index is 101. The zero-order valence-electron chi connectivity index (χ0n) is 6.16. The minimum Gasteiger partial charge on any atom is -0.393 e. The van der Waals surface area contributed by atoms with Crippen LogP contribution in [-0.4, -0.2) is 22.4 Å². The molecular formula is C8H15O2. The van der Waals surface area contributed by atoms with Gasteiger partial charge < -0.3 is 10.2 Å². The SMILES string of the molecule is [CH2]C(O)C1CCCC(O)C1. The predicted molar refractivity (Wildman–Crippen MR) is 39.3 cm³/mol. The standard InChI is InChI=1S/C8H15O2/c1-6(9)7-3-2-4-8(10)5-7/h6-10H,1-5H2. The molecule has 3 atom stereocenters. The first-order valence-corrected chi connectivity index (χ1v) is 3.89. The highest BCUT2D eigenvalue weighted by Gasteiger charge is 2.23. The maximum atomic E-state index is 9.19. The molecule has 0 amide bonds. The van der Waals surface area contributed by atoms with Gasteiger partial charge in [-0.15, -0.1) is 0 Å². The highest BCUT2D eigenvalue weighted by Crippen LogP contribution is 2.26. The third-order valence-corrected chi connectivity index (χ3v) is 2.23. The molecule has 1 rings (SSSR count). The summed E-state index contributed by atoms with van der Waals surface area (Å²) in [5.74, 6) is 0.226. The molecule has 2 nitrogen and oxygen atoms in total. The second-order valence-electron chi connectivity index (χ2n) is 3.15. The number of hydrogen-bond donors (Lipinski definition) is 2. The average molecular weight is 143 g/mol. The summed E-state index contributed by atoms with van der Waals surface area (Å²) in [4.78, 5) is 0. The molecule has 1 aliphatic carbocycles.